The van der Waals surface area contributed by atoms with Crippen LogP contribution in [0.1, 0.15) is 343 Å². The number of phosphoric acid groups is 2. The summed E-state index contributed by atoms with van der Waals surface area (Å²) in [5, 5.41) is 10.5. The van der Waals surface area contributed by atoms with Crippen LogP contribution in [0.15, 0.2) is 0 Å². The molecule has 0 aromatic heterocycles. The number of carbonyl (C=O) groups excluding carboxylic acids is 4. The van der Waals surface area contributed by atoms with Crippen LogP contribution in [0.2, 0.25) is 0 Å². The topological polar surface area (TPSA) is 237 Å². The molecular weight excluding hydrogens is 1150 g/mol. The molecular formula is C68H132O17P2. The minimum absolute atomic E-state index is 0.104. The van der Waals surface area contributed by atoms with Crippen molar-refractivity contribution in [3.63, 3.8) is 0 Å². The van der Waals surface area contributed by atoms with Gasteiger partial charge in [-0.05, 0) is 37.5 Å². The predicted molar refractivity (Wildman–Crippen MR) is 349 cm³/mol. The molecule has 0 fully saturated rings. The summed E-state index contributed by atoms with van der Waals surface area (Å²) in [6.45, 7) is 9.48. The molecule has 4 unspecified atom stereocenters. The minimum atomic E-state index is -4.95. The number of aliphatic hydroxyl groups excluding tert-OH is 1. The third kappa shape index (κ3) is 60.1. The number of hydrogen-bond donors (Lipinski definition) is 3. The van der Waals surface area contributed by atoms with Gasteiger partial charge >= 0.3 is 39.5 Å². The highest BCUT2D eigenvalue weighted by Gasteiger charge is 2.30. The fraction of sp³-hybridized carbons (Fsp3) is 0.941. The van der Waals surface area contributed by atoms with E-state index in [-0.39, 0.29) is 25.7 Å². The molecule has 0 saturated heterocycles. The van der Waals surface area contributed by atoms with Crippen molar-refractivity contribution in [2.24, 2.45) is 11.8 Å². The van der Waals surface area contributed by atoms with Gasteiger partial charge in [0.15, 0.2) is 12.2 Å². The first kappa shape index (κ1) is 85.1. The molecule has 0 amide bonds. The van der Waals surface area contributed by atoms with Gasteiger partial charge in [-0.25, -0.2) is 9.13 Å². The monoisotopic (exact) mass is 1280 g/mol. The van der Waals surface area contributed by atoms with E-state index in [1.54, 1.807) is 0 Å². The normalized spacial score (nSPS) is 14.8. The van der Waals surface area contributed by atoms with E-state index in [1.807, 2.05) is 0 Å². The number of rotatable bonds is 67. The van der Waals surface area contributed by atoms with Gasteiger partial charge in [0, 0.05) is 25.7 Å². The molecule has 0 aromatic carbocycles. The maximum Gasteiger partial charge on any atom is 0.472 e. The average molecular weight is 1280 g/mol. The van der Waals surface area contributed by atoms with E-state index in [0.717, 1.165) is 115 Å². The molecule has 0 spiro atoms. The number of aliphatic hydroxyl groups is 1. The Labute approximate surface area is 530 Å². The van der Waals surface area contributed by atoms with Crippen molar-refractivity contribution < 1.29 is 80.2 Å². The smallest absolute Gasteiger partial charge is 0.462 e. The molecule has 87 heavy (non-hydrogen) atoms. The van der Waals surface area contributed by atoms with Crippen molar-refractivity contribution in [1.82, 2.24) is 0 Å². The van der Waals surface area contributed by atoms with Crippen LogP contribution < -0.4 is 0 Å². The van der Waals surface area contributed by atoms with Crippen LogP contribution in [0, 0.1) is 11.8 Å². The van der Waals surface area contributed by atoms with Crippen LogP contribution in [0.5, 0.6) is 0 Å². The number of esters is 4. The molecule has 17 nitrogen and oxygen atoms in total. The van der Waals surface area contributed by atoms with Crippen molar-refractivity contribution in [3.05, 3.63) is 0 Å². The van der Waals surface area contributed by atoms with Gasteiger partial charge in [-0.3, -0.25) is 37.3 Å². The van der Waals surface area contributed by atoms with Crippen molar-refractivity contribution >= 4 is 39.5 Å². The Morgan fingerprint density at radius 3 is 0.816 bits per heavy atom. The molecule has 0 aromatic rings. The van der Waals surface area contributed by atoms with Crippen molar-refractivity contribution in [2.45, 2.75) is 362 Å². The molecule has 0 aliphatic heterocycles. The summed E-state index contributed by atoms with van der Waals surface area (Å²) in [5.74, 6) is -0.494. The van der Waals surface area contributed by atoms with Gasteiger partial charge in [-0.2, -0.15) is 0 Å². The number of hydrogen-bond acceptors (Lipinski definition) is 15. The molecule has 516 valence electrons. The second kappa shape index (κ2) is 60.3. The molecule has 0 heterocycles. The summed E-state index contributed by atoms with van der Waals surface area (Å²) >= 11 is 0. The Morgan fingerprint density at radius 2 is 0.552 bits per heavy atom. The Bertz CT molecular complexity index is 1700. The SMILES string of the molecule is CCCCCCCCCCC(=O)O[C@H](COC(=O)CCCCCCC)COP(=O)(O)OC[C@H](O)COP(=O)(O)OC[C@@H](COC(=O)CCCCCCCCCCC(C)CC)OC(=O)CCCCCCCCCCCCCCCCCCCCC(C)CC. The molecule has 0 radical (unpaired) electrons. The van der Waals surface area contributed by atoms with Gasteiger partial charge in [0.25, 0.3) is 0 Å². The lowest BCUT2D eigenvalue weighted by molar-refractivity contribution is -0.161. The lowest BCUT2D eigenvalue weighted by Gasteiger charge is -2.21. The molecule has 0 aliphatic rings. The fourth-order valence-corrected chi connectivity index (χ4v) is 11.8. The standard InChI is InChI=1S/C68H132O17P2/c1-7-11-13-15-16-33-40-46-52-67(72)84-63(56-78-65(70)50-44-36-14-12-8-2)58-82-86(74,75)80-54-62(69)55-81-87(76,77)83-59-64(57-79-66(71)51-45-39-34-30-29-32-38-43-49-61(6)10-4)85-68(73)53-47-41-35-28-26-24-22-20-18-17-19-21-23-25-27-31-37-42-48-60(5)9-3/h60-64,69H,7-59H2,1-6H3,(H,74,75)(H,76,77)/t60?,61?,62-,63+,64+/m0/s1. The Morgan fingerprint density at radius 1 is 0.322 bits per heavy atom. The van der Waals surface area contributed by atoms with Crippen LogP contribution in [0.25, 0.3) is 0 Å². The predicted octanol–water partition coefficient (Wildman–Crippen LogP) is 19.2. The third-order valence-corrected chi connectivity index (χ3v) is 18.3. The Kier molecular flexibility index (Phi) is 59.0. The van der Waals surface area contributed by atoms with Gasteiger partial charge in [0.05, 0.1) is 26.4 Å². The second-order valence-corrected chi connectivity index (χ2v) is 28.0. The fourth-order valence-electron chi connectivity index (χ4n) is 10.2. The molecule has 0 rings (SSSR count). The van der Waals surface area contributed by atoms with Crippen molar-refractivity contribution in [3.8, 4) is 0 Å². The van der Waals surface area contributed by atoms with Gasteiger partial charge < -0.3 is 33.8 Å². The van der Waals surface area contributed by atoms with Gasteiger partial charge in [0.1, 0.15) is 19.3 Å². The maximum absolute atomic E-state index is 13.0. The third-order valence-electron chi connectivity index (χ3n) is 16.4. The van der Waals surface area contributed by atoms with Gasteiger partial charge in [0.2, 0.25) is 0 Å². The quantitative estimate of drug-likeness (QED) is 0.0222. The van der Waals surface area contributed by atoms with E-state index in [2.05, 4.69) is 41.5 Å². The highest BCUT2D eigenvalue weighted by atomic mass is 31.2. The zero-order valence-corrected chi connectivity index (χ0v) is 58.1. The van der Waals surface area contributed by atoms with Crippen LogP contribution in [-0.2, 0) is 65.4 Å². The first-order chi connectivity index (χ1) is 41.9. The van der Waals surface area contributed by atoms with Crippen molar-refractivity contribution in [2.75, 3.05) is 39.6 Å². The van der Waals surface area contributed by atoms with Crippen LogP contribution >= 0.6 is 15.6 Å². The van der Waals surface area contributed by atoms with E-state index in [1.165, 1.54) is 148 Å². The first-order valence-electron chi connectivity index (χ1n) is 35.6. The summed E-state index contributed by atoms with van der Waals surface area (Å²) < 4.78 is 67.8. The van der Waals surface area contributed by atoms with E-state index in [9.17, 15) is 43.2 Å². The molecule has 19 heteroatoms. The Balaban J connectivity index is 5.07. The number of unbranched alkanes of at least 4 members (excludes halogenated alkanes) is 35. The van der Waals surface area contributed by atoms with Crippen molar-refractivity contribution in [1.29, 1.82) is 0 Å². The minimum Gasteiger partial charge on any atom is -0.462 e. The number of phosphoric ester groups is 2. The highest BCUT2D eigenvalue weighted by Crippen LogP contribution is 2.45. The molecule has 7 atom stereocenters. The summed E-state index contributed by atoms with van der Waals surface area (Å²) in [6, 6.07) is 0. The molecule has 0 aliphatic carbocycles. The number of ether oxygens (including phenoxy) is 4. The zero-order chi connectivity index (χ0) is 64.3. The second-order valence-electron chi connectivity index (χ2n) is 25.0. The van der Waals surface area contributed by atoms with E-state index in [0.29, 0.717) is 25.7 Å². The van der Waals surface area contributed by atoms with Crippen LogP contribution in [0.3, 0.4) is 0 Å². The first-order valence-corrected chi connectivity index (χ1v) is 38.6. The van der Waals surface area contributed by atoms with E-state index >= 15 is 0 Å². The largest absolute Gasteiger partial charge is 0.472 e. The van der Waals surface area contributed by atoms with Crippen LogP contribution in [-0.4, -0.2) is 96.7 Å². The zero-order valence-electron chi connectivity index (χ0n) is 56.3. The summed E-state index contributed by atoms with van der Waals surface area (Å²) in [4.78, 5) is 72.0. The van der Waals surface area contributed by atoms with Gasteiger partial charge in [-0.1, -0.05) is 292 Å². The average Bonchev–Trinajstić information content (AvgIpc) is 3.61. The van der Waals surface area contributed by atoms with Gasteiger partial charge in [-0.15, -0.1) is 0 Å². The molecule has 0 saturated carbocycles. The lowest BCUT2D eigenvalue weighted by Crippen LogP contribution is -2.30. The van der Waals surface area contributed by atoms with E-state index in [4.69, 9.17) is 37.0 Å². The van der Waals surface area contributed by atoms with E-state index < -0.39 is 97.5 Å². The maximum atomic E-state index is 13.0. The summed E-state index contributed by atoms with van der Waals surface area (Å²) in [7, 11) is -9.88. The molecule has 0 bridgehead atoms. The number of carbonyl (C=O) groups is 4. The van der Waals surface area contributed by atoms with Crippen LogP contribution in [0.4, 0.5) is 0 Å². The summed E-state index contributed by atoms with van der Waals surface area (Å²) in [6.07, 6.45) is 45.0. The lowest BCUT2D eigenvalue weighted by atomic mass is 9.99. The Hall–Kier alpha value is -1.94. The molecule has 3 N–H and O–H groups in total. The summed E-state index contributed by atoms with van der Waals surface area (Å²) in [5.41, 5.74) is 0. The highest BCUT2D eigenvalue weighted by molar-refractivity contribution is 7.47.